The van der Waals surface area contributed by atoms with Crippen molar-refractivity contribution in [3.63, 3.8) is 0 Å². The zero-order chi connectivity index (χ0) is 12.8. The highest BCUT2D eigenvalue weighted by Crippen LogP contribution is 2.10. The Kier molecular flexibility index (Phi) is 4.38. The van der Waals surface area contributed by atoms with E-state index < -0.39 is 5.97 Å². The van der Waals surface area contributed by atoms with Crippen LogP contribution in [0.25, 0.3) is 0 Å². The molecule has 5 nitrogen and oxygen atoms in total. The minimum absolute atomic E-state index is 0.0130. The van der Waals surface area contributed by atoms with Crippen LogP contribution in [0.1, 0.15) is 16.3 Å². The average Bonchev–Trinajstić information content (AvgIpc) is 2.77. The molecule has 0 spiro atoms. The van der Waals surface area contributed by atoms with Gasteiger partial charge in [-0.2, -0.15) is 0 Å². The van der Waals surface area contributed by atoms with Gasteiger partial charge in [-0.15, -0.1) is 11.3 Å². The molecule has 0 bridgehead atoms. The number of rotatable bonds is 6. The van der Waals surface area contributed by atoms with Crippen LogP contribution in [-0.2, 0) is 24.3 Å². The third-order valence-electron chi connectivity index (χ3n) is 2.29. The second-order valence-corrected chi connectivity index (χ2v) is 4.70. The Morgan fingerprint density at radius 2 is 2.11 bits per heavy atom. The molecule has 0 atom stereocenters. The smallest absolute Gasteiger partial charge is 0.309 e. The number of carboxylic acids is 1. The van der Waals surface area contributed by atoms with E-state index in [4.69, 9.17) is 5.11 Å². The molecule has 0 saturated heterocycles. The summed E-state index contributed by atoms with van der Waals surface area (Å²) in [5.74, 6) is -0.850. The number of hydrogen-bond acceptors (Lipinski definition) is 5. The van der Waals surface area contributed by atoms with Crippen LogP contribution in [0.4, 0.5) is 0 Å². The number of carbonyl (C=O) groups is 1. The lowest BCUT2D eigenvalue weighted by Gasteiger charge is -2.01. The first-order valence-corrected chi connectivity index (χ1v) is 6.36. The summed E-state index contributed by atoms with van der Waals surface area (Å²) in [4.78, 5) is 18.7. The molecular formula is C12H13N3O2S. The third kappa shape index (κ3) is 3.90. The van der Waals surface area contributed by atoms with Crippen molar-refractivity contribution in [3.8, 4) is 0 Å². The molecule has 0 radical (unpaired) electrons. The minimum atomic E-state index is -0.850. The van der Waals surface area contributed by atoms with E-state index >= 15 is 0 Å². The molecule has 0 aliphatic heterocycles. The van der Waals surface area contributed by atoms with Gasteiger partial charge in [0, 0.05) is 30.9 Å². The molecule has 2 rings (SSSR count). The van der Waals surface area contributed by atoms with E-state index in [1.807, 2.05) is 12.1 Å². The van der Waals surface area contributed by atoms with Gasteiger partial charge in [0.15, 0.2) is 0 Å². The Hall–Kier alpha value is -1.79. The number of hydrogen-bond donors (Lipinski definition) is 2. The molecule has 0 amide bonds. The van der Waals surface area contributed by atoms with Crippen molar-refractivity contribution in [2.24, 2.45) is 0 Å². The molecule has 0 fully saturated rings. The Morgan fingerprint density at radius 3 is 2.83 bits per heavy atom. The van der Waals surface area contributed by atoms with Gasteiger partial charge in [-0.1, -0.05) is 0 Å². The summed E-state index contributed by atoms with van der Waals surface area (Å²) in [6.45, 7) is 1.39. The van der Waals surface area contributed by atoms with Crippen LogP contribution in [0, 0.1) is 0 Å². The number of pyridine rings is 1. The summed E-state index contributed by atoms with van der Waals surface area (Å²) in [6.07, 6.45) is 3.50. The Balaban J connectivity index is 1.80. The monoisotopic (exact) mass is 263 g/mol. The zero-order valence-electron chi connectivity index (χ0n) is 9.67. The van der Waals surface area contributed by atoms with Crippen molar-refractivity contribution in [1.82, 2.24) is 15.3 Å². The molecule has 0 aliphatic rings. The third-order valence-corrected chi connectivity index (χ3v) is 3.18. The van der Waals surface area contributed by atoms with Gasteiger partial charge in [0.2, 0.25) is 0 Å². The van der Waals surface area contributed by atoms with Crippen molar-refractivity contribution in [2.45, 2.75) is 19.5 Å². The van der Waals surface area contributed by atoms with E-state index in [9.17, 15) is 4.79 Å². The van der Waals surface area contributed by atoms with Gasteiger partial charge in [0.05, 0.1) is 12.1 Å². The van der Waals surface area contributed by atoms with E-state index in [1.165, 1.54) is 11.3 Å². The van der Waals surface area contributed by atoms with Crippen LogP contribution < -0.4 is 5.32 Å². The maximum absolute atomic E-state index is 10.5. The lowest BCUT2D eigenvalue weighted by atomic mass is 10.3. The Bertz CT molecular complexity index is 513. The van der Waals surface area contributed by atoms with Crippen molar-refractivity contribution in [3.05, 3.63) is 46.2 Å². The first kappa shape index (κ1) is 12.7. The van der Waals surface area contributed by atoms with Crippen LogP contribution in [0.3, 0.4) is 0 Å². The van der Waals surface area contributed by atoms with Gasteiger partial charge in [-0.3, -0.25) is 9.78 Å². The summed E-state index contributed by atoms with van der Waals surface area (Å²) in [5.41, 5.74) is 1.78. The lowest BCUT2D eigenvalue weighted by molar-refractivity contribution is -0.136. The fraction of sp³-hybridized carbons (Fsp3) is 0.250. The van der Waals surface area contributed by atoms with Gasteiger partial charge in [-0.25, -0.2) is 4.98 Å². The van der Waals surface area contributed by atoms with Crippen molar-refractivity contribution in [2.75, 3.05) is 0 Å². The normalized spacial score (nSPS) is 10.4. The standard InChI is InChI=1S/C12H13N3O2S/c16-12(17)5-10-8-18-11(15-10)7-14-6-9-1-3-13-4-2-9/h1-4,8,14H,5-7H2,(H,16,17). The van der Waals surface area contributed by atoms with E-state index in [1.54, 1.807) is 17.8 Å². The second kappa shape index (κ2) is 6.23. The topological polar surface area (TPSA) is 75.1 Å². The quantitative estimate of drug-likeness (QED) is 0.825. The van der Waals surface area contributed by atoms with E-state index in [-0.39, 0.29) is 6.42 Å². The first-order valence-electron chi connectivity index (χ1n) is 5.49. The zero-order valence-corrected chi connectivity index (χ0v) is 10.5. The highest BCUT2D eigenvalue weighted by Gasteiger charge is 2.05. The first-order chi connectivity index (χ1) is 8.74. The molecule has 0 aromatic carbocycles. The number of carboxylic acid groups (broad SMARTS) is 1. The molecular weight excluding hydrogens is 250 g/mol. The predicted octanol–water partition coefficient (Wildman–Crippen LogP) is 1.46. The fourth-order valence-electron chi connectivity index (χ4n) is 1.48. The summed E-state index contributed by atoms with van der Waals surface area (Å²) in [6, 6.07) is 3.90. The maximum atomic E-state index is 10.5. The van der Waals surface area contributed by atoms with Crippen LogP contribution in [0.15, 0.2) is 29.9 Å². The Labute approximate surface area is 109 Å². The number of nitrogens with zero attached hydrogens (tertiary/aromatic N) is 2. The van der Waals surface area contributed by atoms with Gasteiger partial charge in [-0.05, 0) is 17.7 Å². The van der Waals surface area contributed by atoms with Crippen molar-refractivity contribution < 1.29 is 9.90 Å². The van der Waals surface area contributed by atoms with E-state index in [2.05, 4.69) is 15.3 Å². The molecule has 0 unspecified atom stereocenters. The van der Waals surface area contributed by atoms with Gasteiger partial charge < -0.3 is 10.4 Å². The predicted molar refractivity (Wildman–Crippen MR) is 68.2 cm³/mol. The number of aliphatic carboxylic acids is 1. The molecule has 6 heteroatoms. The van der Waals surface area contributed by atoms with Crippen molar-refractivity contribution >= 4 is 17.3 Å². The highest BCUT2D eigenvalue weighted by atomic mass is 32.1. The SMILES string of the molecule is O=C(O)Cc1csc(CNCc2ccncc2)n1. The summed E-state index contributed by atoms with van der Waals surface area (Å²) >= 11 is 1.48. The molecule has 2 N–H and O–H groups in total. The van der Waals surface area contributed by atoms with Crippen molar-refractivity contribution in [1.29, 1.82) is 0 Å². The molecule has 2 heterocycles. The molecule has 2 aromatic heterocycles. The largest absolute Gasteiger partial charge is 0.481 e. The maximum Gasteiger partial charge on any atom is 0.309 e. The number of nitrogens with one attached hydrogen (secondary N) is 1. The second-order valence-electron chi connectivity index (χ2n) is 3.76. The number of thiazole rings is 1. The lowest BCUT2D eigenvalue weighted by Crippen LogP contribution is -2.12. The molecule has 18 heavy (non-hydrogen) atoms. The van der Waals surface area contributed by atoms with Gasteiger partial charge >= 0.3 is 5.97 Å². The minimum Gasteiger partial charge on any atom is -0.481 e. The summed E-state index contributed by atoms with van der Waals surface area (Å²) in [7, 11) is 0. The van der Waals surface area contributed by atoms with Crippen LogP contribution in [0.5, 0.6) is 0 Å². The average molecular weight is 263 g/mol. The van der Waals surface area contributed by atoms with Crippen LogP contribution >= 0.6 is 11.3 Å². The van der Waals surface area contributed by atoms with E-state index in [0.29, 0.717) is 12.2 Å². The highest BCUT2D eigenvalue weighted by molar-refractivity contribution is 7.09. The summed E-state index contributed by atoms with van der Waals surface area (Å²) in [5, 5.41) is 14.6. The molecule has 94 valence electrons. The molecule has 0 aliphatic carbocycles. The molecule has 2 aromatic rings. The Morgan fingerprint density at radius 1 is 1.33 bits per heavy atom. The summed E-state index contributed by atoms with van der Waals surface area (Å²) < 4.78 is 0. The fourth-order valence-corrected chi connectivity index (χ4v) is 2.24. The molecule has 0 saturated carbocycles. The van der Waals surface area contributed by atoms with E-state index in [0.717, 1.165) is 17.1 Å². The van der Waals surface area contributed by atoms with Gasteiger partial charge in [0.1, 0.15) is 5.01 Å². The number of aromatic nitrogens is 2. The van der Waals surface area contributed by atoms with Gasteiger partial charge in [0.25, 0.3) is 0 Å². The van der Waals surface area contributed by atoms with Crippen LogP contribution in [-0.4, -0.2) is 21.0 Å². The van der Waals surface area contributed by atoms with Crippen LogP contribution in [0.2, 0.25) is 0 Å².